The van der Waals surface area contributed by atoms with E-state index in [2.05, 4.69) is 31.2 Å². The number of nitrogens with one attached hydrogen (secondary N) is 1. The highest BCUT2D eigenvalue weighted by Crippen LogP contribution is 2.22. The Morgan fingerprint density at radius 3 is 2.44 bits per heavy atom. The highest BCUT2D eigenvalue weighted by atomic mass is 16.3. The summed E-state index contributed by atoms with van der Waals surface area (Å²) in [6.07, 6.45) is 0.749. The third-order valence-corrected chi connectivity index (χ3v) is 3.72. The minimum absolute atomic E-state index is 0.211. The number of aliphatic hydroxyl groups is 1. The normalized spacial score (nSPS) is 16.6. The van der Waals surface area contributed by atoms with Crippen molar-refractivity contribution in [3.63, 3.8) is 0 Å². The number of aryl methyl sites for hydroxylation is 2. The van der Waals surface area contributed by atoms with Gasteiger partial charge in [0, 0.05) is 30.4 Å². The van der Waals surface area contributed by atoms with E-state index in [1.54, 1.807) is 0 Å². The van der Waals surface area contributed by atoms with Crippen molar-refractivity contribution in [2.24, 2.45) is 0 Å². The van der Waals surface area contributed by atoms with Crippen LogP contribution in [0.4, 0.5) is 0 Å². The topological polar surface area (TPSA) is 50.1 Å². The molecule has 0 amide bonds. The van der Waals surface area contributed by atoms with E-state index in [0.717, 1.165) is 18.7 Å². The van der Waals surface area contributed by atoms with E-state index in [1.165, 1.54) is 11.3 Å². The number of hydrogen-bond acceptors (Lipinski definition) is 3. The van der Waals surface area contributed by atoms with E-state index in [-0.39, 0.29) is 6.04 Å². The van der Waals surface area contributed by atoms with Crippen molar-refractivity contribution in [1.29, 1.82) is 0 Å². The summed E-state index contributed by atoms with van der Waals surface area (Å²) in [5.41, 5.74) is 2.90. The van der Waals surface area contributed by atoms with Gasteiger partial charge in [-0.2, -0.15) is 5.10 Å². The van der Waals surface area contributed by atoms with Crippen molar-refractivity contribution < 1.29 is 5.11 Å². The van der Waals surface area contributed by atoms with Gasteiger partial charge in [-0.25, -0.2) is 0 Å². The van der Waals surface area contributed by atoms with Crippen LogP contribution in [0.3, 0.4) is 0 Å². The first kappa shape index (κ1) is 15.2. The molecule has 0 fully saturated rings. The van der Waals surface area contributed by atoms with Crippen LogP contribution in [0.5, 0.6) is 0 Å². The Morgan fingerprint density at radius 2 is 2.00 bits per heavy atom. The zero-order valence-electron chi connectivity index (χ0n) is 12.5. The molecular weight excluding hydrogens is 226 g/mol. The molecular formula is C14H27N3O. The fourth-order valence-electron chi connectivity index (χ4n) is 2.25. The quantitative estimate of drug-likeness (QED) is 0.818. The highest BCUT2D eigenvalue weighted by Gasteiger charge is 2.21. The molecule has 104 valence electrons. The van der Waals surface area contributed by atoms with Crippen LogP contribution in [0, 0.1) is 13.8 Å². The molecule has 18 heavy (non-hydrogen) atoms. The maximum atomic E-state index is 10.0. The molecule has 1 heterocycles. The van der Waals surface area contributed by atoms with Gasteiger partial charge in [0.2, 0.25) is 0 Å². The van der Waals surface area contributed by atoms with Crippen LogP contribution in [-0.2, 0) is 6.54 Å². The SMILES string of the molecule is CCn1nc(C)c(C(C)NCC(C)(O)CC)c1C. The molecule has 0 aliphatic rings. The van der Waals surface area contributed by atoms with Gasteiger partial charge in [-0.15, -0.1) is 0 Å². The molecule has 0 spiro atoms. The average molecular weight is 253 g/mol. The largest absolute Gasteiger partial charge is 0.389 e. The van der Waals surface area contributed by atoms with E-state index in [9.17, 15) is 5.11 Å². The predicted octanol–water partition coefficient (Wildman–Crippen LogP) is 2.33. The van der Waals surface area contributed by atoms with Gasteiger partial charge in [0.15, 0.2) is 0 Å². The molecule has 0 saturated heterocycles. The van der Waals surface area contributed by atoms with Gasteiger partial charge < -0.3 is 10.4 Å². The average Bonchev–Trinajstić information content (AvgIpc) is 2.61. The summed E-state index contributed by atoms with van der Waals surface area (Å²) in [6.45, 7) is 13.7. The number of hydrogen-bond donors (Lipinski definition) is 2. The van der Waals surface area contributed by atoms with Crippen molar-refractivity contribution in [1.82, 2.24) is 15.1 Å². The number of nitrogens with zero attached hydrogens (tertiary/aromatic N) is 2. The maximum Gasteiger partial charge on any atom is 0.0741 e. The van der Waals surface area contributed by atoms with Crippen LogP contribution in [0.1, 0.15) is 57.1 Å². The standard InChI is InChI=1S/C14H27N3O/c1-7-14(6,18)9-15-10(3)13-11(4)16-17(8-2)12(13)5/h10,15,18H,7-9H2,1-6H3. The van der Waals surface area contributed by atoms with Crippen molar-refractivity contribution in [3.05, 3.63) is 17.0 Å². The molecule has 1 aromatic heterocycles. The van der Waals surface area contributed by atoms with Gasteiger partial charge in [-0.1, -0.05) is 6.92 Å². The zero-order chi connectivity index (χ0) is 13.9. The van der Waals surface area contributed by atoms with Crippen molar-refractivity contribution in [2.75, 3.05) is 6.54 Å². The number of rotatable bonds is 6. The van der Waals surface area contributed by atoms with E-state index >= 15 is 0 Å². The Balaban J connectivity index is 2.79. The molecule has 0 radical (unpaired) electrons. The fraction of sp³-hybridized carbons (Fsp3) is 0.786. The summed E-state index contributed by atoms with van der Waals surface area (Å²) in [7, 11) is 0. The van der Waals surface area contributed by atoms with Gasteiger partial charge in [-0.3, -0.25) is 4.68 Å². The second-order valence-electron chi connectivity index (χ2n) is 5.35. The number of aromatic nitrogens is 2. The maximum absolute atomic E-state index is 10.0. The van der Waals surface area contributed by atoms with Crippen LogP contribution >= 0.6 is 0 Å². The molecule has 4 heteroatoms. The third kappa shape index (κ3) is 3.33. The minimum atomic E-state index is -0.642. The Bertz CT molecular complexity index is 396. The Morgan fingerprint density at radius 1 is 1.39 bits per heavy atom. The molecule has 0 saturated carbocycles. The Kier molecular flexibility index (Phi) is 4.93. The van der Waals surface area contributed by atoms with E-state index < -0.39 is 5.60 Å². The molecule has 1 rings (SSSR count). The van der Waals surface area contributed by atoms with Crippen LogP contribution in [0.2, 0.25) is 0 Å². The molecule has 2 unspecified atom stereocenters. The molecule has 2 N–H and O–H groups in total. The summed E-state index contributed by atoms with van der Waals surface area (Å²) in [5, 5.41) is 18.0. The van der Waals surface area contributed by atoms with Crippen LogP contribution in [-0.4, -0.2) is 27.0 Å². The second-order valence-corrected chi connectivity index (χ2v) is 5.35. The van der Waals surface area contributed by atoms with Gasteiger partial charge in [0.05, 0.1) is 11.3 Å². The van der Waals surface area contributed by atoms with Crippen LogP contribution in [0.25, 0.3) is 0 Å². The lowest BCUT2D eigenvalue weighted by atomic mass is 10.0. The smallest absolute Gasteiger partial charge is 0.0741 e. The van der Waals surface area contributed by atoms with Crippen molar-refractivity contribution in [2.45, 2.75) is 66.2 Å². The summed E-state index contributed by atoms with van der Waals surface area (Å²) < 4.78 is 2.03. The van der Waals surface area contributed by atoms with E-state index in [4.69, 9.17) is 0 Å². The fourth-order valence-corrected chi connectivity index (χ4v) is 2.25. The minimum Gasteiger partial charge on any atom is -0.389 e. The molecule has 0 bridgehead atoms. The summed E-state index contributed by atoms with van der Waals surface area (Å²) in [6, 6.07) is 0.211. The van der Waals surface area contributed by atoms with Gasteiger partial charge in [0.1, 0.15) is 0 Å². The molecule has 2 atom stereocenters. The lowest BCUT2D eigenvalue weighted by molar-refractivity contribution is 0.0533. The van der Waals surface area contributed by atoms with Crippen molar-refractivity contribution >= 4 is 0 Å². The first-order valence-electron chi connectivity index (χ1n) is 6.82. The second kappa shape index (κ2) is 5.85. The van der Waals surface area contributed by atoms with Crippen molar-refractivity contribution in [3.8, 4) is 0 Å². The summed E-state index contributed by atoms with van der Waals surface area (Å²) in [5.74, 6) is 0. The highest BCUT2D eigenvalue weighted by molar-refractivity contribution is 5.27. The van der Waals surface area contributed by atoms with Crippen LogP contribution < -0.4 is 5.32 Å². The first-order valence-corrected chi connectivity index (χ1v) is 6.82. The van der Waals surface area contributed by atoms with E-state index in [1.807, 2.05) is 25.5 Å². The Hall–Kier alpha value is -0.870. The molecule has 4 nitrogen and oxygen atoms in total. The molecule has 1 aromatic rings. The van der Waals surface area contributed by atoms with Gasteiger partial charge >= 0.3 is 0 Å². The molecule has 0 aliphatic heterocycles. The summed E-state index contributed by atoms with van der Waals surface area (Å²) in [4.78, 5) is 0. The Labute approximate surface area is 110 Å². The third-order valence-electron chi connectivity index (χ3n) is 3.72. The lowest BCUT2D eigenvalue weighted by Gasteiger charge is -2.25. The monoisotopic (exact) mass is 253 g/mol. The lowest BCUT2D eigenvalue weighted by Crippen LogP contribution is -2.38. The summed E-state index contributed by atoms with van der Waals surface area (Å²) >= 11 is 0. The van der Waals surface area contributed by atoms with Gasteiger partial charge in [-0.05, 0) is 41.0 Å². The first-order chi connectivity index (χ1) is 8.32. The van der Waals surface area contributed by atoms with Gasteiger partial charge in [0.25, 0.3) is 0 Å². The zero-order valence-corrected chi connectivity index (χ0v) is 12.5. The van der Waals surface area contributed by atoms with E-state index in [0.29, 0.717) is 6.54 Å². The molecule has 0 aromatic carbocycles. The van der Waals surface area contributed by atoms with Crippen LogP contribution in [0.15, 0.2) is 0 Å². The molecule has 0 aliphatic carbocycles. The predicted molar refractivity (Wildman–Crippen MR) is 74.7 cm³/mol.